The molecule has 2 aromatic carbocycles. The van der Waals surface area contributed by atoms with Crippen molar-refractivity contribution in [3.63, 3.8) is 0 Å². The average molecular weight is 343 g/mol. The predicted octanol–water partition coefficient (Wildman–Crippen LogP) is 4.01. The summed E-state index contributed by atoms with van der Waals surface area (Å²) in [6.07, 6.45) is 0. The zero-order valence-electron chi connectivity index (χ0n) is 13.0. The van der Waals surface area contributed by atoms with E-state index in [2.05, 4.69) is 10.5 Å². The lowest BCUT2D eigenvalue weighted by molar-refractivity contribution is -0.123. The van der Waals surface area contributed by atoms with Gasteiger partial charge in [0, 0.05) is 5.39 Å². The summed E-state index contributed by atoms with van der Waals surface area (Å²) in [5, 5.41) is 5.47. The maximum Gasteiger partial charge on any atom is 0.277 e. The van der Waals surface area contributed by atoms with E-state index in [-0.39, 0.29) is 12.5 Å². The summed E-state index contributed by atoms with van der Waals surface area (Å²) >= 11 is 5.96. The van der Waals surface area contributed by atoms with Gasteiger partial charge < -0.3 is 9.15 Å². The molecule has 0 unspecified atom stereocenters. The maximum atomic E-state index is 11.8. The number of para-hydroxylation sites is 2. The molecule has 24 heavy (non-hydrogen) atoms. The molecule has 0 aliphatic carbocycles. The topological polar surface area (TPSA) is 63.8 Å². The highest BCUT2D eigenvalue weighted by molar-refractivity contribution is 6.32. The highest BCUT2D eigenvalue weighted by atomic mass is 35.5. The third-order valence-corrected chi connectivity index (χ3v) is 3.64. The SMILES string of the molecule is C/C(=N/NC(=O)COc1ccccc1Cl)c1cc2ccccc2o1. The first kappa shape index (κ1) is 16.1. The van der Waals surface area contributed by atoms with Crippen molar-refractivity contribution in [3.8, 4) is 5.75 Å². The Bertz CT molecular complexity index is 869. The minimum Gasteiger partial charge on any atom is -0.482 e. The Morgan fingerprint density at radius 2 is 1.96 bits per heavy atom. The largest absolute Gasteiger partial charge is 0.482 e. The molecule has 0 aliphatic heterocycles. The predicted molar refractivity (Wildman–Crippen MR) is 93.5 cm³/mol. The Balaban J connectivity index is 1.60. The van der Waals surface area contributed by atoms with Gasteiger partial charge in [-0.3, -0.25) is 4.79 Å². The number of carbonyl (C=O) groups is 1. The third-order valence-electron chi connectivity index (χ3n) is 3.33. The number of benzene rings is 2. The average Bonchev–Trinajstić information content (AvgIpc) is 3.03. The molecule has 0 bridgehead atoms. The van der Waals surface area contributed by atoms with Crippen molar-refractivity contribution < 1.29 is 13.9 Å². The molecule has 6 heteroatoms. The van der Waals surface area contributed by atoms with Gasteiger partial charge >= 0.3 is 0 Å². The number of carbonyl (C=O) groups excluding carboxylic acids is 1. The Morgan fingerprint density at radius 1 is 1.21 bits per heavy atom. The Kier molecular flexibility index (Phi) is 4.82. The van der Waals surface area contributed by atoms with E-state index in [1.165, 1.54) is 0 Å². The van der Waals surface area contributed by atoms with Crippen LogP contribution in [0.5, 0.6) is 5.75 Å². The number of ether oxygens (including phenoxy) is 1. The van der Waals surface area contributed by atoms with Crippen LogP contribution in [0.15, 0.2) is 64.1 Å². The van der Waals surface area contributed by atoms with Crippen LogP contribution < -0.4 is 10.2 Å². The van der Waals surface area contributed by atoms with Gasteiger partial charge in [0.05, 0.1) is 5.02 Å². The van der Waals surface area contributed by atoms with Crippen LogP contribution in [0.1, 0.15) is 12.7 Å². The van der Waals surface area contributed by atoms with Crippen molar-refractivity contribution in [1.29, 1.82) is 0 Å². The molecular weight excluding hydrogens is 328 g/mol. The summed E-state index contributed by atoms with van der Waals surface area (Å²) in [4.78, 5) is 11.8. The molecule has 3 aromatic rings. The number of halogens is 1. The van der Waals surface area contributed by atoms with Crippen molar-refractivity contribution in [3.05, 3.63) is 65.4 Å². The fourth-order valence-electron chi connectivity index (χ4n) is 2.10. The van der Waals surface area contributed by atoms with Crippen LogP contribution in [0, 0.1) is 0 Å². The number of amides is 1. The molecule has 0 spiro atoms. The molecule has 0 saturated carbocycles. The quantitative estimate of drug-likeness (QED) is 0.563. The molecule has 1 aromatic heterocycles. The van der Waals surface area contributed by atoms with Gasteiger partial charge in [-0.05, 0) is 31.2 Å². The molecule has 122 valence electrons. The van der Waals surface area contributed by atoms with Crippen molar-refractivity contribution in [2.45, 2.75) is 6.92 Å². The van der Waals surface area contributed by atoms with Gasteiger partial charge in [0.15, 0.2) is 12.4 Å². The number of furan rings is 1. The summed E-state index contributed by atoms with van der Waals surface area (Å²) in [5.41, 5.74) is 3.78. The molecular formula is C18H15ClN2O3. The lowest BCUT2D eigenvalue weighted by Crippen LogP contribution is -2.25. The Morgan fingerprint density at radius 3 is 2.75 bits per heavy atom. The zero-order chi connectivity index (χ0) is 16.9. The van der Waals surface area contributed by atoms with E-state index in [1.807, 2.05) is 30.3 Å². The van der Waals surface area contributed by atoms with Crippen molar-refractivity contribution in [1.82, 2.24) is 5.43 Å². The van der Waals surface area contributed by atoms with Gasteiger partial charge in [-0.2, -0.15) is 5.10 Å². The van der Waals surface area contributed by atoms with Crippen molar-refractivity contribution in [2.75, 3.05) is 6.61 Å². The molecule has 5 nitrogen and oxygen atoms in total. The standard InChI is InChI=1S/C18H15ClN2O3/c1-12(17-10-13-6-2-4-8-15(13)24-17)20-21-18(22)11-23-16-9-5-3-7-14(16)19/h2-10H,11H2,1H3,(H,21,22)/b20-12-. The second-order valence-electron chi connectivity index (χ2n) is 5.10. The van der Waals surface area contributed by atoms with Crippen LogP contribution in [0.2, 0.25) is 5.02 Å². The Hall–Kier alpha value is -2.79. The van der Waals surface area contributed by atoms with E-state index >= 15 is 0 Å². The number of fused-ring (bicyclic) bond motifs is 1. The van der Waals surface area contributed by atoms with Crippen molar-refractivity contribution in [2.24, 2.45) is 5.10 Å². The highest BCUT2D eigenvalue weighted by Crippen LogP contribution is 2.22. The number of hydrazone groups is 1. The summed E-state index contributed by atoms with van der Waals surface area (Å²) in [6, 6.07) is 16.5. The number of hydrogen-bond donors (Lipinski definition) is 1. The maximum absolute atomic E-state index is 11.8. The monoisotopic (exact) mass is 342 g/mol. The third kappa shape index (κ3) is 3.75. The van der Waals surface area contributed by atoms with E-state index in [4.69, 9.17) is 20.8 Å². The number of hydrogen-bond acceptors (Lipinski definition) is 4. The van der Waals surface area contributed by atoms with Crippen molar-refractivity contribution >= 4 is 34.2 Å². The molecule has 1 heterocycles. The first-order valence-corrected chi connectivity index (χ1v) is 7.70. The van der Waals surface area contributed by atoms with Gasteiger partial charge in [-0.25, -0.2) is 5.43 Å². The van der Waals surface area contributed by atoms with E-state index in [9.17, 15) is 4.79 Å². The number of rotatable bonds is 5. The van der Waals surface area contributed by atoms with Crippen LogP contribution in [-0.2, 0) is 4.79 Å². The van der Waals surface area contributed by atoms with Gasteiger partial charge in [0.2, 0.25) is 0 Å². The molecule has 3 rings (SSSR count). The van der Waals surface area contributed by atoms with Gasteiger partial charge in [-0.15, -0.1) is 0 Å². The molecule has 0 radical (unpaired) electrons. The smallest absolute Gasteiger partial charge is 0.277 e. The molecule has 0 fully saturated rings. The molecule has 0 aliphatic rings. The molecule has 0 atom stereocenters. The highest BCUT2D eigenvalue weighted by Gasteiger charge is 2.08. The molecule has 1 amide bonds. The zero-order valence-corrected chi connectivity index (χ0v) is 13.7. The Labute approximate surface area is 143 Å². The van der Waals surface area contributed by atoms with E-state index < -0.39 is 0 Å². The van der Waals surface area contributed by atoms with Crippen LogP contribution in [-0.4, -0.2) is 18.2 Å². The number of nitrogens with zero attached hydrogens (tertiary/aromatic N) is 1. The van der Waals surface area contributed by atoms with E-state index in [1.54, 1.807) is 31.2 Å². The lowest BCUT2D eigenvalue weighted by atomic mass is 10.2. The minimum atomic E-state index is -0.384. The first-order valence-electron chi connectivity index (χ1n) is 7.33. The normalized spacial score (nSPS) is 11.5. The second kappa shape index (κ2) is 7.19. The van der Waals surface area contributed by atoms with Crippen LogP contribution in [0.25, 0.3) is 11.0 Å². The van der Waals surface area contributed by atoms with E-state index in [0.29, 0.717) is 22.2 Å². The summed E-state index contributed by atoms with van der Waals surface area (Å²) in [5.74, 6) is 0.668. The molecule has 1 N–H and O–H groups in total. The lowest BCUT2D eigenvalue weighted by Gasteiger charge is -2.06. The van der Waals surface area contributed by atoms with E-state index in [0.717, 1.165) is 11.0 Å². The molecule has 0 saturated heterocycles. The minimum absolute atomic E-state index is 0.180. The fraction of sp³-hybridized carbons (Fsp3) is 0.111. The van der Waals surface area contributed by atoms with Crippen LogP contribution >= 0.6 is 11.6 Å². The summed E-state index contributed by atoms with van der Waals surface area (Å²) in [7, 11) is 0. The summed E-state index contributed by atoms with van der Waals surface area (Å²) < 4.78 is 11.0. The number of nitrogens with one attached hydrogen (secondary N) is 1. The van der Waals surface area contributed by atoms with Gasteiger partial charge in [-0.1, -0.05) is 41.9 Å². The van der Waals surface area contributed by atoms with Crippen LogP contribution in [0.4, 0.5) is 0 Å². The van der Waals surface area contributed by atoms with Gasteiger partial charge in [0.1, 0.15) is 17.0 Å². The fourth-order valence-corrected chi connectivity index (χ4v) is 2.29. The second-order valence-corrected chi connectivity index (χ2v) is 5.51. The van der Waals surface area contributed by atoms with Crippen LogP contribution in [0.3, 0.4) is 0 Å². The van der Waals surface area contributed by atoms with Gasteiger partial charge in [0.25, 0.3) is 5.91 Å². The first-order chi connectivity index (χ1) is 11.6. The summed E-state index contributed by atoms with van der Waals surface area (Å²) in [6.45, 7) is 1.58.